The number of carboxylic acid groups (broad SMARTS) is 1. The van der Waals surface area contributed by atoms with Crippen molar-refractivity contribution in [2.75, 3.05) is 0 Å². The molecule has 0 bridgehead atoms. The number of hydrogen-bond acceptors (Lipinski definition) is 3. The number of carboxylic acids is 1. The Morgan fingerprint density at radius 2 is 1.85 bits per heavy atom. The van der Waals surface area contributed by atoms with Gasteiger partial charge >= 0.3 is 5.97 Å². The smallest absolute Gasteiger partial charge is 0.320 e. The Bertz CT molecular complexity index is 160. The molecule has 4 heteroatoms. The highest BCUT2D eigenvalue weighted by atomic mass is 16.4. The van der Waals surface area contributed by atoms with Gasteiger partial charge in [0.25, 0.3) is 0 Å². The molecule has 78 valence electrons. The van der Waals surface area contributed by atoms with Gasteiger partial charge in [0, 0.05) is 6.04 Å². The van der Waals surface area contributed by atoms with Crippen LogP contribution in [0, 0.1) is 5.92 Å². The maximum Gasteiger partial charge on any atom is 0.320 e. The molecule has 0 radical (unpaired) electrons. The number of aliphatic carboxylic acids is 1. The van der Waals surface area contributed by atoms with E-state index in [0.717, 1.165) is 6.42 Å². The zero-order valence-electron chi connectivity index (χ0n) is 8.36. The predicted octanol–water partition coefficient (Wildman–Crippen LogP) is 0.552. The second-order valence-electron chi connectivity index (χ2n) is 3.91. The lowest BCUT2D eigenvalue weighted by Crippen LogP contribution is -2.33. The molecule has 0 heterocycles. The summed E-state index contributed by atoms with van der Waals surface area (Å²) in [6.07, 6.45) is 2.07. The van der Waals surface area contributed by atoms with E-state index in [1.807, 2.05) is 0 Å². The largest absolute Gasteiger partial charge is 0.480 e. The lowest BCUT2D eigenvalue weighted by atomic mass is 9.99. The molecule has 0 saturated heterocycles. The van der Waals surface area contributed by atoms with Gasteiger partial charge in [-0.15, -0.1) is 0 Å². The average molecular weight is 188 g/mol. The van der Waals surface area contributed by atoms with E-state index >= 15 is 0 Å². The Morgan fingerprint density at radius 1 is 1.31 bits per heavy atom. The van der Waals surface area contributed by atoms with Gasteiger partial charge in [0.15, 0.2) is 0 Å². The minimum atomic E-state index is -0.947. The molecule has 0 saturated carbocycles. The monoisotopic (exact) mass is 188 g/mol. The van der Waals surface area contributed by atoms with Crippen molar-refractivity contribution in [3.8, 4) is 0 Å². The molecule has 0 amide bonds. The van der Waals surface area contributed by atoms with E-state index in [-0.39, 0.29) is 6.04 Å². The summed E-state index contributed by atoms with van der Waals surface area (Å²) >= 11 is 0. The van der Waals surface area contributed by atoms with E-state index in [0.29, 0.717) is 18.8 Å². The maximum absolute atomic E-state index is 10.4. The maximum atomic E-state index is 10.4. The minimum absolute atomic E-state index is 0.0744. The van der Waals surface area contributed by atoms with Crippen molar-refractivity contribution in [3.63, 3.8) is 0 Å². The molecule has 0 spiro atoms. The molecular formula is C9H20N2O2. The van der Waals surface area contributed by atoms with Gasteiger partial charge < -0.3 is 16.6 Å². The van der Waals surface area contributed by atoms with Crippen LogP contribution in [0.15, 0.2) is 0 Å². The van der Waals surface area contributed by atoms with E-state index in [1.165, 1.54) is 0 Å². The van der Waals surface area contributed by atoms with Crippen LogP contribution in [0.3, 0.4) is 0 Å². The Morgan fingerprint density at radius 3 is 2.23 bits per heavy atom. The van der Waals surface area contributed by atoms with Crippen LogP contribution >= 0.6 is 0 Å². The van der Waals surface area contributed by atoms with E-state index in [2.05, 4.69) is 13.8 Å². The van der Waals surface area contributed by atoms with E-state index < -0.39 is 12.0 Å². The molecule has 13 heavy (non-hydrogen) atoms. The molecule has 2 atom stereocenters. The fraction of sp³-hybridized carbons (Fsp3) is 0.889. The quantitative estimate of drug-likeness (QED) is 0.568. The van der Waals surface area contributed by atoms with Crippen molar-refractivity contribution < 1.29 is 9.90 Å². The molecule has 4 nitrogen and oxygen atoms in total. The summed E-state index contributed by atoms with van der Waals surface area (Å²) in [6, 6.07) is -0.691. The Balaban J connectivity index is 3.57. The van der Waals surface area contributed by atoms with Crippen LogP contribution in [-0.4, -0.2) is 23.2 Å². The highest BCUT2D eigenvalue weighted by Crippen LogP contribution is 2.08. The number of nitrogens with two attached hydrogens (primary N) is 2. The van der Waals surface area contributed by atoms with Crippen LogP contribution in [0.5, 0.6) is 0 Å². The third-order valence-electron chi connectivity index (χ3n) is 1.94. The van der Waals surface area contributed by atoms with Crippen molar-refractivity contribution in [1.82, 2.24) is 0 Å². The summed E-state index contributed by atoms with van der Waals surface area (Å²) in [7, 11) is 0. The highest BCUT2D eigenvalue weighted by molar-refractivity contribution is 5.72. The molecule has 0 aromatic heterocycles. The van der Waals surface area contributed by atoms with Gasteiger partial charge in [0.2, 0.25) is 0 Å². The molecule has 0 aliphatic rings. The second kappa shape index (κ2) is 5.94. The summed E-state index contributed by atoms with van der Waals surface area (Å²) in [5, 5.41) is 8.51. The van der Waals surface area contributed by atoms with Gasteiger partial charge in [-0.3, -0.25) is 4.79 Å². The molecule has 5 N–H and O–H groups in total. The zero-order valence-corrected chi connectivity index (χ0v) is 8.36. The first-order valence-corrected chi connectivity index (χ1v) is 4.67. The fourth-order valence-corrected chi connectivity index (χ4v) is 1.24. The van der Waals surface area contributed by atoms with E-state index in [1.54, 1.807) is 0 Å². The van der Waals surface area contributed by atoms with E-state index in [9.17, 15) is 4.79 Å². The summed E-state index contributed by atoms with van der Waals surface area (Å²) < 4.78 is 0. The highest BCUT2D eigenvalue weighted by Gasteiger charge is 2.13. The molecule has 0 rings (SSSR count). The zero-order chi connectivity index (χ0) is 10.4. The molecule has 0 aliphatic carbocycles. The Labute approximate surface area is 79.3 Å². The van der Waals surface area contributed by atoms with Gasteiger partial charge in [-0.05, 0) is 25.2 Å². The second-order valence-corrected chi connectivity index (χ2v) is 3.91. The standard InChI is InChI=1S/C9H20N2O2/c1-6(2)5-7(10)3-4-8(11)9(12)13/h6-8H,3-5,10-11H2,1-2H3,(H,12,13). The SMILES string of the molecule is CC(C)CC(N)CCC(N)C(=O)O. The van der Waals surface area contributed by atoms with Gasteiger partial charge in [0.1, 0.15) is 6.04 Å². The van der Waals surface area contributed by atoms with Crippen LogP contribution in [0.2, 0.25) is 0 Å². The van der Waals surface area contributed by atoms with Gasteiger partial charge in [0.05, 0.1) is 0 Å². The number of carbonyl (C=O) groups is 1. The molecule has 0 fully saturated rings. The first kappa shape index (κ1) is 12.4. The topological polar surface area (TPSA) is 89.3 Å². The average Bonchev–Trinajstić information content (AvgIpc) is 1.98. The summed E-state index contributed by atoms with van der Waals surface area (Å²) in [4.78, 5) is 10.4. The lowest BCUT2D eigenvalue weighted by Gasteiger charge is -2.14. The normalized spacial score (nSPS) is 15.8. The minimum Gasteiger partial charge on any atom is -0.480 e. The molecule has 0 aromatic carbocycles. The van der Waals surface area contributed by atoms with E-state index in [4.69, 9.17) is 16.6 Å². The lowest BCUT2D eigenvalue weighted by molar-refractivity contribution is -0.138. The first-order valence-electron chi connectivity index (χ1n) is 4.67. The van der Waals surface area contributed by atoms with Crippen LogP contribution in [0.1, 0.15) is 33.1 Å². The summed E-state index contributed by atoms with van der Waals surface area (Å²) in [5.74, 6) is -0.396. The molecule has 2 unspecified atom stereocenters. The Kier molecular flexibility index (Phi) is 5.66. The number of hydrogen-bond donors (Lipinski definition) is 3. The summed E-state index contributed by atoms with van der Waals surface area (Å²) in [6.45, 7) is 4.19. The third kappa shape index (κ3) is 6.54. The van der Waals surface area contributed by atoms with Crippen molar-refractivity contribution in [2.24, 2.45) is 17.4 Å². The Hall–Kier alpha value is -0.610. The predicted molar refractivity (Wildman–Crippen MR) is 52.3 cm³/mol. The third-order valence-corrected chi connectivity index (χ3v) is 1.94. The fourth-order valence-electron chi connectivity index (χ4n) is 1.24. The number of rotatable bonds is 6. The van der Waals surface area contributed by atoms with Gasteiger partial charge in [-0.25, -0.2) is 0 Å². The van der Waals surface area contributed by atoms with Crippen LogP contribution in [0.25, 0.3) is 0 Å². The van der Waals surface area contributed by atoms with Crippen LogP contribution in [0.4, 0.5) is 0 Å². The van der Waals surface area contributed by atoms with Crippen molar-refractivity contribution in [3.05, 3.63) is 0 Å². The first-order chi connectivity index (χ1) is 5.93. The van der Waals surface area contributed by atoms with Crippen molar-refractivity contribution >= 4 is 5.97 Å². The molecular weight excluding hydrogens is 168 g/mol. The molecule has 0 aliphatic heterocycles. The van der Waals surface area contributed by atoms with Crippen molar-refractivity contribution in [2.45, 2.75) is 45.2 Å². The van der Waals surface area contributed by atoms with Gasteiger partial charge in [-0.1, -0.05) is 13.8 Å². The van der Waals surface area contributed by atoms with Crippen LogP contribution < -0.4 is 11.5 Å². The van der Waals surface area contributed by atoms with Gasteiger partial charge in [-0.2, -0.15) is 0 Å². The molecule has 0 aromatic rings. The summed E-state index contributed by atoms with van der Waals surface area (Å²) in [5.41, 5.74) is 11.1. The van der Waals surface area contributed by atoms with Crippen LogP contribution in [-0.2, 0) is 4.79 Å². The van der Waals surface area contributed by atoms with Crippen molar-refractivity contribution in [1.29, 1.82) is 0 Å².